The van der Waals surface area contributed by atoms with Gasteiger partial charge in [-0.15, -0.1) is 5.10 Å². The van der Waals surface area contributed by atoms with Gasteiger partial charge in [0.25, 0.3) is 0 Å². The lowest BCUT2D eigenvalue weighted by Gasteiger charge is -2.26. The summed E-state index contributed by atoms with van der Waals surface area (Å²) in [5.41, 5.74) is 3.05. The average Bonchev–Trinajstić information content (AvgIpc) is 3.23. The molecule has 0 radical (unpaired) electrons. The summed E-state index contributed by atoms with van der Waals surface area (Å²) >= 11 is 0. The van der Waals surface area contributed by atoms with Crippen LogP contribution in [0.2, 0.25) is 0 Å². The third kappa shape index (κ3) is 5.53. The fraction of sp³-hybridized carbons (Fsp3) is 0.364. The smallest absolute Gasteiger partial charge is 0.240 e. The maximum absolute atomic E-state index is 12.3. The molecular formula is C22H27N5O2S. The molecule has 158 valence electrons. The normalized spacial score (nSPS) is 15.3. The first-order valence-corrected chi connectivity index (χ1v) is 11.8. The Morgan fingerprint density at radius 2 is 1.53 bits per heavy atom. The zero-order valence-electron chi connectivity index (χ0n) is 16.9. The molecule has 0 amide bonds. The van der Waals surface area contributed by atoms with Gasteiger partial charge in [0, 0.05) is 6.54 Å². The Labute approximate surface area is 177 Å². The van der Waals surface area contributed by atoms with Gasteiger partial charge < -0.3 is 0 Å². The molecule has 0 unspecified atom stereocenters. The van der Waals surface area contributed by atoms with Crippen LogP contribution in [0.1, 0.15) is 36.1 Å². The van der Waals surface area contributed by atoms with E-state index >= 15 is 0 Å². The molecule has 2 aromatic carbocycles. The summed E-state index contributed by atoms with van der Waals surface area (Å²) in [5, 5.41) is 8.21. The maximum atomic E-state index is 12.3. The van der Waals surface area contributed by atoms with Crippen molar-refractivity contribution >= 4 is 10.0 Å². The number of sulfonamides is 1. The van der Waals surface area contributed by atoms with Gasteiger partial charge in [-0.05, 0) is 49.2 Å². The van der Waals surface area contributed by atoms with E-state index in [1.54, 1.807) is 41.2 Å². The molecule has 0 atom stereocenters. The molecule has 0 bridgehead atoms. The quantitative estimate of drug-likeness (QED) is 0.600. The Balaban J connectivity index is 1.31. The fourth-order valence-corrected chi connectivity index (χ4v) is 4.68. The van der Waals surface area contributed by atoms with Gasteiger partial charge in [-0.1, -0.05) is 54.1 Å². The van der Waals surface area contributed by atoms with Gasteiger partial charge in [-0.2, -0.15) is 0 Å². The molecule has 1 aliphatic heterocycles. The van der Waals surface area contributed by atoms with Crippen LogP contribution in [0.5, 0.6) is 0 Å². The summed E-state index contributed by atoms with van der Waals surface area (Å²) in [4.78, 5) is 2.75. The summed E-state index contributed by atoms with van der Waals surface area (Å²) < 4.78 is 28.9. The first-order chi connectivity index (χ1) is 14.6. The molecule has 0 aliphatic carbocycles. The zero-order valence-corrected chi connectivity index (χ0v) is 17.8. The third-order valence-corrected chi connectivity index (χ3v) is 6.72. The van der Waals surface area contributed by atoms with Gasteiger partial charge in [0.15, 0.2) is 0 Å². The summed E-state index contributed by atoms with van der Waals surface area (Å²) in [5.74, 6) is 0. The summed E-state index contributed by atoms with van der Waals surface area (Å²) in [7, 11) is -3.56. The van der Waals surface area contributed by atoms with E-state index in [0.717, 1.165) is 12.1 Å². The number of piperidine rings is 1. The average molecular weight is 426 g/mol. The van der Waals surface area contributed by atoms with E-state index in [-0.39, 0.29) is 11.4 Å². The van der Waals surface area contributed by atoms with Crippen LogP contribution in [0.25, 0.3) is 0 Å². The molecule has 1 aromatic heterocycles. The van der Waals surface area contributed by atoms with Crippen molar-refractivity contribution in [2.45, 2.75) is 43.8 Å². The molecule has 2 heterocycles. The van der Waals surface area contributed by atoms with E-state index in [0.29, 0.717) is 12.2 Å². The largest absolute Gasteiger partial charge is 0.299 e. The Hall–Kier alpha value is -2.55. The number of nitrogens with zero attached hydrogens (tertiary/aromatic N) is 4. The zero-order chi connectivity index (χ0) is 20.8. The van der Waals surface area contributed by atoms with Crippen LogP contribution in [-0.2, 0) is 29.7 Å². The van der Waals surface area contributed by atoms with Gasteiger partial charge in [-0.25, -0.2) is 17.8 Å². The first kappa shape index (κ1) is 20.7. The highest BCUT2D eigenvalue weighted by molar-refractivity contribution is 7.89. The molecule has 4 rings (SSSR count). The predicted octanol–water partition coefficient (Wildman–Crippen LogP) is 2.79. The molecule has 8 heteroatoms. The van der Waals surface area contributed by atoms with E-state index in [1.165, 1.54) is 37.9 Å². The van der Waals surface area contributed by atoms with Crippen LogP contribution in [0.4, 0.5) is 0 Å². The van der Waals surface area contributed by atoms with Crippen molar-refractivity contribution in [1.82, 2.24) is 24.6 Å². The molecule has 1 aliphatic rings. The number of rotatable bonds is 8. The van der Waals surface area contributed by atoms with E-state index in [9.17, 15) is 8.42 Å². The Kier molecular flexibility index (Phi) is 6.56. The van der Waals surface area contributed by atoms with Crippen LogP contribution in [-0.4, -0.2) is 41.4 Å². The molecule has 30 heavy (non-hydrogen) atoms. The second kappa shape index (κ2) is 9.51. The van der Waals surface area contributed by atoms with Crippen molar-refractivity contribution in [2.75, 3.05) is 13.1 Å². The molecule has 7 nitrogen and oxygen atoms in total. The molecule has 1 saturated heterocycles. The molecule has 0 saturated carbocycles. The molecular weight excluding hydrogens is 398 g/mol. The Morgan fingerprint density at radius 3 is 2.23 bits per heavy atom. The lowest BCUT2D eigenvalue weighted by Crippen LogP contribution is -2.29. The van der Waals surface area contributed by atoms with Crippen molar-refractivity contribution in [2.24, 2.45) is 0 Å². The number of hydrogen-bond acceptors (Lipinski definition) is 5. The number of nitrogens with one attached hydrogen (secondary N) is 1. The van der Waals surface area contributed by atoms with Crippen molar-refractivity contribution in [3.05, 3.63) is 77.6 Å². The highest BCUT2D eigenvalue weighted by atomic mass is 32.2. The summed E-state index contributed by atoms with van der Waals surface area (Å²) in [6, 6.07) is 16.9. The van der Waals surface area contributed by atoms with Crippen molar-refractivity contribution in [1.29, 1.82) is 0 Å². The van der Waals surface area contributed by atoms with Crippen LogP contribution < -0.4 is 4.72 Å². The number of benzene rings is 2. The van der Waals surface area contributed by atoms with Gasteiger partial charge in [0.05, 0.1) is 29.9 Å². The standard InChI is InChI=1S/C22H27N5O2S/c28-30(29,22-7-3-1-4-8-22)23-15-21-18-27(25-24-21)17-20-11-9-19(10-12-20)16-26-13-5-2-6-14-26/h1,3-4,7-12,18,23H,2,5-6,13-17H2. The van der Waals surface area contributed by atoms with Crippen molar-refractivity contribution in [3.63, 3.8) is 0 Å². The van der Waals surface area contributed by atoms with E-state index in [4.69, 9.17) is 0 Å². The second-order valence-electron chi connectivity index (χ2n) is 7.70. The Morgan fingerprint density at radius 1 is 0.867 bits per heavy atom. The number of likely N-dealkylation sites (tertiary alicyclic amines) is 1. The van der Waals surface area contributed by atoms with Crippen molar-refractivity contribution in [3.8, 4) is 0 Å². The second-order valence-corrected chi connectivity index (χ2v) is 9.47. The van der Waals surface area contributed by atoms with E-state index in [1.807, 2.05) is 0 Å². The Bertz CT molecular complexity index is 1040. The molecule has 1 fully saturated rings. The number of hydrogen-bond donors (Lipinski definition) is 1. The molecule has 0 spiro atoms. The highest BCUT2D eigenvalue weighted by Gasteiger charge is 2.14. The SMILES string of the molecule is O=S(=O)(NCc1cn(Cc2ccc(CN3CCCCC3)cc2)nn1)c1ccccc1. The fourth-order valence-electron chi connectivity index (χ4n) is 3.66. The summed E-state index contributed by atoms with van der Waals surface area (Å²) in [6.07, 6.45) is 5.72. The minimum Gasteiger partial charge on any atom is -0.299 e. The molecule has 1 N–H and O–H groups in total. The number of aromatic nitrogens is 3. The van der Waals surface area contributed by atoms with Crippen LogP contribution in [0.15, 0.2) is 65.7 Å². The van der Waals surface area contributed by atoms with Crippen LogP contribution >= 0.6 is 0 Å². The van der Waals surface area contributed by atoms with E-state index in [2.05, 4.69) is 44.2 Å². The van der Waals surface area contributed by atoms with Gasteiger partial charge >= 0.3 is 0 Å². The van der Waals surface area contributed by atoms with Gasteiger partial charge in [-0.3, -0.25) is 4.90 Å². The predicted molar refractivity (Wildman–Crippen MR) is 115 cm³/mol. The highest BCUT2D eigenvalue weighted by Crippen LogP contribution is 2.14. The monoisotopic (exact) mass is 425 g/mol. The van der Waals surface area contributed by atoms with Crippen LogP contribution in [0.3, 0.4) is 0 Å². The summed E-state index contributed by atoms with van der Waals surface area (Å²) in [6.45, 7) is 4.10. The van der Waals surface area contributed by atoms with Crippen LogP contribution in [0, 0.1) is 0 Å². The third-order valence-electron chi connectivity index (χ3n) is 5.31. The minimum atomic E-state index is -3.56. The molecule has 3 aromatic rings. The first-order valence-electron chi connectivity index (χ1n) is 10.3. The van der Waals surface area contributed by atoms with Gasteiger partial charge in [0.1, 0.15) is 0 Å². The lowest BCUT2D eigenvalue weighted by atomic mass is 10.1. The maximum Gasteiger partial charge on any atom is 0.240 e. The minimum absolute atomic E-state index is 0.103. The van der Waals surface area contributed by atoms with Gasteiger partial charge in [0.2, 0.25) is 10.0 Å². The van der Waals surface area contributed by atoms with Crippen molar-refractivity contribution < 1.29 is 8.42 Å². The topological polar surface area (TPSA) is 80.1 Å². The van der Waals surface area contributed by atoms with E-state index < -0.39 is 10.0 Å². The lowest BCUT2D eigenvalue weighted by molar-refractivity contribution is 0.221.